The number of nitrogens with one attached hydrogen (secondary N) is 1. The summed E-state index contributed by atoms with van der Waals surface area (Å²) in [5.41, 5.74) is 1.52. The third kappa shape index (κ3) is 5.07. The Morgan fingerprint density at radius 2 is 2.00 bits per heavy atom. The van der Waals surface area contributed by atoms with Gasteiger partial charge in [-0.15, -0.1) is 10.2 Å². The maximum atomic E-state index is 13.9. The zero-order valence-electron chi connectivity index (χ0n) is 17.2. The van der Waals surface area contributed by atoms with Gasteiger partial charge in [0.05, 0.1) is 30.2 Å². The van der Waals surface area contributed by atoms with Crippen molar-refractivity contribution < 1.29 is 13.9 Å². The van der Waals surface area contributed by atoms with Crippen molar-refractivity contribution in [3.63, 3.8) is 0 Å². The number of amides is 1. The lowest BCUT2D eigenvalue weighted by Crippen LogP contribution is -2.37. The molecule has 1 amide bonds. The van der Waals surface area contributed by atoms with Gasteiger partial charge < -0.3 is 15.0 Å². The van der Waals surface area contributed by atoms with E-state index in [0.717, 1.165) is 0 Å². The van der Waals surface area contributed by atoms with Crippen LogP contribution in [0, 0.1) is 17.1 Å². The van der Waals surface area contributed by atoms with Crippen molar-refractivity contribution in [1.29, 1.82) is 5.26 Å². The van der Waals surface area contributed by atoms with E-state index in [2.05, 4.69) is 26.5 Å². The second-order valence-electron chi connectivity index (χ2n) is 7.00. The molecule has 2 heterocycles. The highest BCUT2D eigenvalue weighted by Gasteiger charge is 2.22. The van der Waals surface area contributed by atoms with Crippen LogP contribution in [0.15, 0.2) is 53.7 Å². The Kier molecular flexibility index (Phi) is 6.99. The van der Waals surface area contributed by atoms with Crippen LogP contribution < -0.4 is 10.2 Å². The standard InChI is InChI=1S/C22H21FN6O2S/c23-17-5-3-6-18(14-17)29-21(28-9-11-31-12-10-28)26-27-22(29)32-13-8-20(30)25-19-7-2-1-4-16(19)15-24/h1-7,14H,8-13H2,(H,25,30). The van der Waals surface area contributed by atoms with Gasteiger partial charge >= 0.3 is 0 Å². The predicted molar refractivity (Wildman–Crippen MR) is 119 cm³/mol. The van der Waals surface area contributed by atoms with Gasteiger partial charge in [0, 0.05) is 25.3 Å². The van der Waals surface area contributed by atoms with E-state index in [1.54, 1.807) is 36.4 Å². The summed E-state index contributed by atoms with van der Waals surface area (Å²) in [6.07, 6.45) is 0.216. The van der Waals surface area contributed by atoms with Gasteiger partial charge in [-0.3, -0.25) is 9.36 Å². The van der Waals surface area contributed by atoms with Crippen molar-refractivity contribution in [3.05, 3.63) is 59.9 Å². The number of aromatic nitrogens is 3. The summed E-state index contributed by atoms with van der Waals surface area (Å²) in [5, 5.41) is 21.1. The SMILES string of the molecule is N#Cc1ccccc1NC(=O)CCSc1nnc(N2CCOCC2)n1-c1cccc(F)c1. The van der Waals surface area contributed by atoms with Crippen LogP contribution >= 0.6 is 11.8 Å². The molecule has 0 bridgehead atoms. The van der Waals surface area contributed by atoms with Gasteiger partial charge in [-0.1, -0.05) is 30.0 Å². The summed E-state index contributed by atoms with van der Waals surface area (Å²) in [5.74, 6) is 0.506. The van der Waals surface area contributed by atoms with Crippen LogP contribution in [0.3, 0.4) is 0 Å². The van der Waals surface area contributed by atoms with Crippen molar-refractivity contribution in [1.82, 2.24) is 14.8 Å². The Balaban J connectivity index is 1.48. The zero-order chi connectivity index (χ0) is 22.3. The zero-order valence-corrected chi connectivity index (χ0v) is 18.0. The number of anilines is 2. The number of nitrogens with zero attached hydrogens (tertiary/aromatic N) is 5. The fraction of sp³-hybridized carbons (Fsp3) is 0.273. The third-order valence-corrected chi connectivity index (χ3v) is 5.79. The summed E-state index contributed by atoms with van der Waals surface area (Å²) < 4.78 is 21.1. The number of carbonyl (C=O) groups is 1. The topological polar surface area (TPSA) is 96.1 Å². The van der Waals surface area contributed by atoms with Crippen molar-refractivity contribution in [2.24, 2.45) is 0 Å². The van der Waals surface area contributed by atoms with E-state index in [4.69, 9.17) is 10.00 Å². The lowest BCUT2D eigenvalue weighted by molar-refractivity contribution is -0.115. The van der Waals surface area contributed by atoms with Gasteiger partial charge in [0.25, 0.3) is 0 Å². The first-order valence-corrected chi connectivity index (χ1v) is 11.1. The van der Waals surface area contributed by atoms with E-state index in [1.807, 2.05) is 4.57 Å². The first-order chi connectivity index (χ1) is 15.7. The summed E-state index contributed by atoms with van der Waals surface area (Å²) in [6, 6.07) is 15.2. The summed E-state index contributed by atoms with van der Waals surface area (Å²) in [7, 11) is 0. The smallest absolute Gasteiger partial charge is 0.232 e. The molecule has 32 heavy (non-hydrogen) atoms. The minimum atomic E-state index is -0.351. The average Bonchev–Trinajstić information content (AvgIpc) is 3.24. The van der Waals surface area contributed by atoms with Crippen LogP contribution in [0.4, 0.5) is 16.0 Å². The molecule has 1 N–H and O–H groups in total. The Hall–Kier alpha value is -3.42. The number of hydrogen-bond acceptors (Lipinski definition) is 7. The molecule has 1 saturated heterocycles. The largest absolute Gasteiger partial charge is 0.378 e. The molecule has 1 aromatic heterocycles. The average molecular weight is 453 g/mol. The van der Waals surface area contributed by atoms with Crippen LogP contribution in [-0.4, -0.2) is 52.7 Å². The third-order valence-electron chi connectivity index (χ3n) is 4.86. The maximum Gasteiger partial charge on any atom is 0.232 e. The molecule has 1 aliphatic rings. The summed E-state index contributed by atoms with van der Waals surface area (Å²) in [6.45, 7) is 2.50. The lowest BCUT2D eigenvalue weighted by atomic mass is 10.2. The number of hydrogen-bond donors (Lipinski definition) is 1. The Bertz CT molecular complexity index is 1140. The molecule has 4 rings (SSSR count). The highest BCUT2D eigenvalue weighted by molar-refractivity contribution is 7.99. The van der Waals surface area contributed by atoms with E-state index in [1.165, 1.54) is 23.9 Å². The number of rotatable bonds is 7. The number of nitriles is 1. The molecule has 1 fully saturated rings. The van der Waals surface area contributed by atoms with Crippen LogP contribution in [0.25, 0.3) is 5.69 Å². The molecule has 0 atom stereocenters. The molecule has 0 radical (unpaired) electrons. The summed E-state index contributed by atoms with van der Waals surface area (Å²) >= 11 is 1.36. The normalized spacial score (nSPS) is 13.6. The van der Waals surface area contributed by atoms with Gasteiger partial charge in [-0.05, 0) is 30.3 Å². The maximum absolute atomic E-state index is 13.9. The fourth-order valence-electron chi connectivity index (χ4n) is 3.30. The van der Waals surface area contributed by atoms with Gasteiger partial charge in [-0.2, -0.15) is 5.26 Å². The molecule has 164 valence electrons. The van der Waals surface area contributed by atoms with Crippen molar-refractivity contribution in [2.45, 2.75) is 11.6 Å². The molecule has 10 heteroatoms. The number of benzene rings is 2. The first-order valence-electron chi connectivity index (χ1n) is 10.1. The van der Waals surface area contributed by atoms with E-state index >= 15 is 0 Å². The first kappa shape index (κ1) is 21.8. The second kappa shape index (κ2) is 10.3. The van der Waals surface area contributed by atoms with Gasteiger partial charge in [0.15, 0.2) is 5.16 Å². The Morgan fingerprint density at radius 3 is 2.78 bits per heavy atom. The molecule has 0 saturated carbocycles. The van der Waals surface area contributed by atoms with E-state index < -0.39 is 0 Å². The van der Waals surface area contributed by atoms with Gasteiger partial charge in [-0.25, -0.2) is 4.39 Å². The van der Waals surface area contributed by atoms with Gasteiger partial charge in [0.1, 0.15) is 11.9 Å². The number of para-hydroxylation sites is 1. The van der Waals surface area contributed by atoms with E-state index in [9.17, 15) is 9.18 Å². The minimum Gasteiger partial charge on any atom is -0.378 e. The number of ether oxygens (including phenoxy) is 1. The number of carbonyl (C=O) groups excluding carboxylic acids is 1. The van der Waals surface area contributed by atoms with Crippen LogP contribution in [-0.2, 0) is 9.53 Å². The number of thioether (sulfide) groups is 1. The molecule has 0 unspecified atom stereocenters. The van der Waals surface area contributed by atoms with Crippen molar-refractivity contribution >= 4 is 29.3 Å². The van der Waals surface area contributed by atoms with Crippen LogP contribution in [0.2, 0.25) is 0 Å². The second-order valence-corrected chi connectivity index (χ2v) is 8.06. The minimum absolute atomic E-state index is 0.203. The van der Waals surface area contributed by atoms with E-state index in [-0.39, 0.29) is 18.1 Å². The molecule has 1 aliphatic heterocycles. The molecular weight excluding hydrogens is 431 g/mol. The molecule has 0 spiro atoms. The lowest BCUT2D eigenvalue weighted by Gasteiger charge is -2.27. The predicted octanol–water partition coefficient (Wildman–Crippen LogP) is 3.24. The number of morpholine rings is 1. The fourth-order valence-corrected chi connectivity index (χ4v) is 4.19. The Labute approximate surface area is 189 Å². The molecule has 2 aromatic carbocycles. The molecular formula is C22H21FN6O2S. The quantitative estimate of drug-likeness (QED) is 0.550. The molecule has 0 aliphatic carbocycles. The highest BCUT2D eigenvalue weighted by atomic mass is 32.2. The Morgan fingerprint density at radius 1 is 1.19 bits per heavy atom. The monoisotopic (exact) mass is 452 g/mol. The van der Waals surface area contributed by atoms with Crippen LogP contribution in [0.1, 0.15) is 12.0 Å². The molecule has 3 aromatic rings. The van der Waals surface area contributed by atoms with Gasteiger partial charge in [0.2, 0.25) is 11.9 Å². The number of halogens is 1. The van der Waals surface area contributed by atoms with Crippen molar-refractivity contribution in [2.75, 3.05) is 42.3 Å². The molecule has 8 nitrogen and oxygen atoms in total. The van der Waals surface area contributed by atoms with Crippen molar-refractivity contribution in [3.8, 4) is 11.8 Å². The van der Waals surface area contributed by atoms with Crippen LogP contribution in [0.5, 0.6) is 0 Å². The highest BCUT2D eigenvalue weighted by Crippen LogP contribution is 2.28. The van der Waals surface area contributed by atoms with E-state index in [0.29, 0.717) is 60.1 Å². The summed E-state index contributed by atoms with van der Waals surface area (Å²) in [4.78, 5) is 14.4.